The van der Waals surface area contributed by atoms with Gasteiger partial charge in [0.15, 0.2) is 5.69 Å². The molecule has 1 aliphatic heterocycles. The Labute approximate surface area is 170 Å². The number of nitrogens with zero attached hydrogens (tertiary/aromatic N) is 3. The predicted molar refractivity (Wildman–Crippen MR) is 112 cm³/mol. The van der Waals surface area contributed by atoms with Crippen molar-refractivity contribution in [1.82, 2.24) is 19.6 Å². The Bertz CT molecular complexity index is 1060. The molecule has 1 unspecified atom stereocenters. The van der Waals surface area contributed by atoms with E-state index in [1.807, 2.05) is 54.3 Å². The average molecular weight is 390 g/mol. The van der Waals surface area contributed by atoms with Gasteiger partial charge in [0.05, 0.1) is 5.52 Å². The van der Waals surface area contributed by atoms with Crippen molar-refractivity contribution in [3.8, 4) is 0 Å². The molecule has 29 heavy (non-hydrogen) atoms. The molecule has 0 bridgehead atoms. The fourth-order valence-electron chi connectivity index (χ4n) is 3.96. The molecule has 0 saturated carbocycles. The van der Waals surface area contributed by atoms with Crippen molar-refractivity contribution in [2.45, 2.75) is 33.2 Å². The SMILES string of the molecule is Cc1cccc(CNC(=O)c2nc(C(=O)N3CCCC(C)C3)n3ccccc23)c1. The van der Waals surface area contributed by atoms with Gasteiger partial charge in [-0.1, -0.05) is 42.8 Å². The molecule has 1 fully saturated rings. The highest BCUT2D eigenvalue weighted by Gasteiger charge is 2.27. The Morgan fingerprint density at radius 3 is 2.86 bits per heavy atom. The Balaban J connectivity index is 1.60. The lowest BCUT2D eigenvalue weighted by atomic mass is 10.0. The Hall–Kier alpha value is -3.15. The highest BCUT2D eigenvalue weighted by atomic mass is 16.2. The molecule has 6 nitrogen and oxygen atoms in total. The minimum absolute atomic E-state index is 0.115. The van der Waals surface area contributed by atoms with E-state index in [2.05, 4.69) is 17.2 Å². The monoisotopic (exact) mass is 390 g/mol. The van der Waals surface area contributed by atoms with Crippen LogP contribution in [0.1, 0.15) is 52.0 Å². The first-order chi connectivity index (χ1) is 14.0. The first-order valence-electron chi connectivity index (χ1n) is 10.1. The fraction of sp³-hybridized carbons (Fsp3) is 0.348. The van der Waals surface area contributed by atoms with E-state index in [4.69, 9.17) is 0 Å². The minimum Gasteiger partial charge on any atom is -0.347 e. The maximum Gasteiger partial charge on any atom is 0.290 e. The van der Waals surface area contributed by atoms with Crippen LogP contribution in [0.15, 0.2) is 48.7 Å². The van der Waals surface area contributed by atoms with Gasteiger partial charge in [0.1, 0.15) is 0 Å². The normalized spacial score (nSPS) is 16.8. The van der Waals surface area contributed by atoms with Crippen LogP contribution in [0.4, 0.5) is 0 Å². The predicted octanol–water partition coefficient (Wildman–Crippen LogP) is 3.44. The van der Waals surface area contributed by atoms with E-state index in [-0.39, 0.29) is 17.5 Å². The topological polar surface area (TPSA) is 66.7 Å². The lowest BCUT2D eigenvalue weighted by molar-refractivity contribution is 0.0670. The van der Waals surface area contributed by atoms with E-state index in [1.165, 1.54) is 0 Å². The summed E-state index contributed by atoms with van der Waals surface area (Å²) in [5, 5.41) is 2.93. The smallest absolute Gasteiger partial charge is 0.290 e. The molecule has 1 N–H and O–H groups in total. The molecule has 2 aromatic heterocycles. The van der Waals surface area contributed by atoms with Crippen LogP contribution in [0, 0.1) is 12.8 Å². The zero-order valence-electron chi connectivity index (χ0n) is 16.9. The van der Waals surface area contributed by atoms with Gasteiger partial charge in [-0.3, -0.25) is 14.0 Å². The molecule has 1 saturated heterocycles. The summed E-state index contributed by atoms with van der Waals surface area (Å²) in [6.45, 7) is 6.06. The van der Waals surface area contributed by atoms with Crippen molar-refractivity contribution in [1.29, 1.82) is 0 Å². The molecule has 0 spiro atoms. The van der Waals surface area contributed by atoms with Crippen LogP contribution in [0.3, 0.4) is 0 Å². The second-order valence-corrected chi connectivity index (χ2v) is 7.91. The van der Waals surface area contributed by atoms with Crippen LogP contribution in [0.2, 0.25) is 0 Å². The number of amides is 2. The molecule has 6 heteroatoms. The molecule has 3 aromatic rings. The zero-order chi connectivity index (χ0) is 20.4. The third kappa shape index (κ3) is 4.01. The summed E-state index contributed by atoms with van der Waals surface area (Å²) in [4.78, 5) is 32.3. The molecular formula is C23H26N4O2. The summed E-state index contributed by atoms with van der Waals surface area (Å²) in [5.41, 5.74) is 3.10. The number of nitrogens with one attached hydrogen (secondary N) is 1. The standard InChI is InChI=1S/C23H26N4O2/c1-16-7-5-9-18(13-16)14-24-22(28)20-19-10-3-4-12-27(19)21(25-20)23(29)26-11-6-8-17(2)15-26/h3-5,7,9-10,12-13,17H,6,8,11,14-15H2,1-2H3,(H,24,28). The molecule has 1 aromatic carbocycles. The number of piperidine rings is 1. The number of imidazole rings is 1. The summed E-state index contributed by atoms with van der Waals surface area (Å²) in [6, 6.07) is 13.5. The lowest BCUT2D eigenvalue weighted by Crippen LogP contribution is -2.40. The minimum atomic E-state index is -0.277. The molecule has 4 rings (SSSR count). The number of hydrogen-bond donors (Lipinski definition) is 1. The summed E-state index contributed by atoms with van der Waals surface area (Å²) in [7, 11) is 0. The van der Waals surface area contributed by atoms with Crippen molar-refractivity contribution in [2.24, 2.45) is 5.92 Å². The number of carbonyl (C=O) groups is 2. The molecule has 2 amide bonds. The van der Waals surface area contributed by atoms with Crippen molar-refractivity contribution in [3.05, 3.63) is 71.3 Å². The van der Waals surface area contributed by atoms with Gasteiger partial charge in [-0.2, -0.15) is 0 Å². The third-order valence-corrected chi connectivity index (χ3v) is 5.43. The van der Waals surface area contributed by atoms with Crippen molar-refractivity contribution in [2.75, 3.05) is 13.1 Å². The Kier molecular flexibility index (Phi) is 5.34. The van der Waals surface area contributed by atoms with Gasteiger partial charge >= 0.3 is 0 Å². The van der Waals surface area contributed by atoms with Gasteiger partial charge in [0, 0.05) is 25.8 Å². The van der Waals surface area contributed by atoms with E-state index in [9.17, 15) is 9.59 Å². The summed E-state index contributed by atoms with van der Waals surface area (Å²) < 4.78 is 1.73. The fourth-order valence-corrected chi connectivity index (χ4v) is 3.96. The summed E-state index contributed by atoms with van der Waals surface area (Å²) in [5.74, 6) is 0.392. The van der Waals surface area contributed by atoms with E-state index in [0.29, 0.717) is 23.8 Å². The van der Waals surface area contributed by atoms with Gasteiger partial charge in [-0.15, -0.1) is 0 Å². The maximum absolute atomic E-state index is 13.1. The van der Waals surface area contributed by atoms with Crippen LogP contribution in [0.25, 0.3) is 5.52 Å². The van der Waals surface area contributed by atoms with Gasteiger partial charge < -0.3 is 10.2 Å². The van der Waals surface area contributed by atoms with E-state index < -0.39 is 0 Å². The van der Waals surface area contributed by atoms with Crippen LogP contribution >= 0.6 is 0 Å². The number of aromatic nitrogens is 2. The molecule has 150 valence electrons. The number of aryl methyl sites for hydroxylation is 1. The van der Waals surface area contributed by atoms with E-state index in [0.717, 1.165) is 37.1 Å². The number of hydrogen-bond acceptors (Lipinski definition) is 3. The quantitative estimate of drug-likeness (QED) is 0.742. The zero-order valence-corrected chi connectivity index (χ0v) is 16.9. The van der Waals surface area contributed by atoms with Crippen LogP contribution in [-0.2, 0) is 6.54 Å². The summed E-state index contributed by atoms with van der Waals surface area (Å²) >= 11 is 0. The lowest BCUT2D eigenvalue weighted by Gasteiger charge is -2.30. The second kappa shape index (κ2) is 8.07. The molecule has 0 aliphatic carbocycles. The number of rotatable bonds is 4. The number of fused-ring (bicyclic) bond motifs is 1. The number of likely N-dealkylation sites (tertiary alicyclic amines) is 1. The number of pyridine rings is 1. The summed E-state index contributed by atoms with van der Waals surface area (Å²) in [6.07, 6.45) is 3.93. The van der Waals surface area contributed by atoms with Crippen molar-refractivity contribution < 1.29 is 9.59 Å². The molecule has 1 atom stereocenters. The average Bonchev–Trinajstić information content (AvgIpc) is 3.11. The highest BCUT2D eigenvalue weighted by Crippen LogP contribution is 2.20. The molecular weight excluding hydrogens is 364 g/mol. The van der Waals surface area contributed by atoms with E-state index in [1.54, 1.807) is 10.6 Å². The van der Waals surface area contributed by atoms with E-state index >= 15 is 0 Å². The maximum atomic E-state index is 13.1. The van der Waals surface area contributed by atoms with Gasteiger partial charge in [0.2, 0.25) is 5.82 Å². The third-order valence-electron chi connectivity index (χ3n) is 5.43. The second-order valence-electron chi connectivity index (χ2n) is 7.91. The number of benzene rings is 1. The van der Waals surface area contributed by atoms with Crippen LogP contribution in [0.5, 0.6) is 0 Å². The Morgan fingerprint density at radius 2 is 2.07 bits per heavy atom. The van der Waals surface area contributed by atoms with Crippen molar-refractivity contribution >= 4 is 17.3 Å². The van der Waals surface area contributed by atoms with Crippen molar-refractivity contribution in [3.63, 3.8) is 0 Å². The number of carbonyl (C=O) groups excluding carboxylic acids is 2. The molecule has 1 aliphatic rings. The van der Waals surface area contributed by atoms with Crippen LogP contribution < -0.4 is 5.32 Å². The Morgan fingerprint density at radius 1 is 1.21 bits per heavy atom. The highest BCUT2D eigenvalue weighted by molar-refractivity contribution is 6.02. The van der Waals surface area contributed by atoms with Gasteiger partial charge in [-0.05, 0) is 43.4 Å². The van der Waals surface area contributed by atoms with Crippen LogP contribution in [-0.4, -0.2) is 39.2 Å². The first kappa shape index (κ1) is 19.2. The first-order valence-corrected chi connectivity index (χ1v) is 10.1. The largest absolute Gasteiger partial charge is 0.347 e. The van der Waals surface area contributed by atoms with Gasteiger partial charge in [-0.25, -0.2) is 4.98 Å². The van der Waals surface area contributed by atoms with Gasteiger partial charge in [0.25, 0.3) is 11.8 Å². The molecule has 0 radical (unpaired) electrons. The molecule has 3 heterocycles.